The van der Waals surface area contributed by atoms with Crippen LogP contribution in [-0.2, 0) is 0 Å². The minimum atomic E-state index is -1.86. The van der Waals surface area contributed by atoms with Crippen molar-refractivity contribution >= 4 is 26.5 Å². The molecule has 0 radical (unpaired) electrons. The van der Waals surface area contributed by atoms with Crippen molar-refractivity contribution in [2.45, 2.75) is 94.0 Å². The van der Waals surface area contributed by atoms with E-state index in [0.29, 0.717) is 5.92 Å². The summed E-state index contributed by atoms with van der Waals surface area (Å²) >= 11 is 0. The van der Waals surface area contributed by atoms with E-state index in [1.54, 1.807) is 27.1 Å². The van der Waals surface area contributed by atoms with Gasteiger partial charge in [0.1, 0.15) is 8.07 Å². The van der Waals surface area contributed by atoms with Crippen molar-refractivity contribution in [2.24, 2.45) is 17.8 Å². The Bertz CT molecular complexity index is 805. The van der Waals surface area contributed by atoms with E-state index in [1.165, 1.54) is 17.7 Å². The molecule has 2 rings (SSSR count). The fourth-order valence-corrected chi connectivity index (χ4v) is 14.2. The summed E-state index contributed by atoms with van der Waals surface area (Å²) in [6, 6.07) is 10.5. The van der Waals surface area contributed by atoms with Gasteiger partial charge in [0.2, 0.25) is 0 Å². The number of rotatable bonds is 7. The van der Waals surface area contributed by atoms with Crippen molar-refractivity contribution in [3.63, 3.8) is 0 Å². The molecule has 1 atom stereocenters. The van der Waals surface area contributed by atoms with Gasteiger partial charge in [0, 0.05) is 0 Å². The molecule has 0 nitrogen and oxygen atoms in total. The Labute approximate surface area is 183 Å². The van der Waals surface area contributed by atoms with Crippen LogP contribution in [0.1, 0.15) is 61.0 Å². The molecule has 1 aliphatic carbocycles. The zero-order valence-electron chi connectivity index (χ0n) is 21.4. The lowest BCUT2D eigenvalue weighted by molar-refractivity contribution is 0.678. The lowest BCUT2D eigenvalue weighted by Crippen LogP contribution is -2.55. The Hall–Kier alpha value is -0.866. The average molecular weight is 427 g/mol. The second-order valence-electron chi connectivity index (χ2n) is 11.7. The monoisotopic (exact) mass is 426 g/mol. The van der Waals surface area contributed by atoms with Crippen LogP contribution in [0.5, 0.6) is 0 Å². The van der Waals surface area contributed by atoms with Gasteiger partial charge in [0.25, 0.3) is 0 Å². The second kappa shape index (κ2) is 8.71. The quantitative estimate of drug-likeness (QED) is 0.400. The summed E-state index contributed by atoms with van der Waals surface area (Å²) in [6.45, 7) is 29.3. The third kappa shape index (κ3) is 4.90. The van der Waals surface area contributed by atoms with Crippen molar-refractivity contribution in [1.82, 2.24) is 0 Å². The van der Waals surface area contributed by atoms with Crippen LogP contribution in [0.3, 0.4) is 0 Å². The molecular weight excluding hydrogens is 380 g/mol. The standard InChI is InChI=1S/C27H46Si2/c1-18(2)16-29(17-19(3)4,27-23(8)21(6)22(7)24(27)9)26-14-20(5)13-25(15-26)28(10,11)12/h13-15,18-19,23H,16-17H2,1-12H3. The summed E-state index contributed by atoms with van der Waals surface area (Å²) in [7, 11) is -3.22. The summed E-state index contributed by atoms with van der Waals surface area (Å²) in [4.78, 5) is 0. The minimum absolute atomic E-state index is 0.606. The summed E-state index contributed by atoms with van der Waals surface area (Å²) < 4.78 is 0. The van der Waals surface area contributed by atoms with Crippen LogP contribution in [0, 0.1) is 24.7 Å². The number of allylic oxidation sites excluding steroid dienone is 4. The van der Waals surface area contributed by atoms with Gasteiger partial charge in [0.05, 0.1) is 8.07 Å². The van der Waals surface area contributed by atoms with Crippen LogP contribution < -0.4 is 10.4 Å². The van der Waals surface area contributed by atoms with E-state index in [4.69, 9.17) is 0 Å². The van der Waals surface area contributed by atoms with Gasteiger partial charge < -0.3 is 0 Å². The van der Waals surface area contributed by atoms with Gasteiger partial charge >= 0.3 is 0 Å². The Balaban J connectivity index is 2.87. The summed E-state index contributed by atoms with van der Waals surface area (Å²) in [5.74, 6) is 2.06. The number of aryl methyl sites for hydroxylation is 1. The SMILES string of the molecule is CC1=C(C)C(C)C([Si](CC(C)C)(CC(C)C)c2cc(C)cc([Si](C)(C)C)c2)=C1C. The Morgan fingerprint density at radius 2 is 1.24 bits per heavy atom. The van der Waals surface area contributed by atoms with E-state index in [2.05, 4.69) is 100 Å². The summed E-state index contributed by atoms with van der Waals surface area (Å²) in [5.41, 5.74) is 6.27. The largest absolute Gasteiger partial charge is 0.115 e. The van der Waals surface area contributed by atoms with Crippen LogP contribution in [-0.4, -0.2) is 16.1 Å². The molecule has 2 heteroatoms. The van der Waals surface area contributed by atoms with Crippen molar-refractivity contribution in [3.8, 4) is 0 Å². The third-order valence-electron chi connectivity index (χ3n) is 7.17. The van der Waals surface area contributed by atoms with Crippen LogP contribution in [0.15, 0.2) is 40.1 Å². The third-order valence-corrected chi connectivity index (χ3v) is 15.4. The first-order valence-corrected chi connectivity index (χ1v) is 17.6. The van der Waals surface area contributed by atoms with E-state index in [1.807, 2.05) is 5.20 Å². The molecule has 1 aromatic carbocycles. The molecule has 0 saturated heterocycles. The maximum atomic E-state index is 2.67. The maximum Gasteiger partial charge on any atom is 0.115 e. The molecule has 1 unspecified atom stereocenters. The fourth-order valence-electron chi connectivity index (χ4n) is 5.72. The predicted molar refractivity (Wildman–Crippen MR) is 139 cm³/mol. The second-order valence-corrected chi connectivity index (χ2v) is 20.9. The zero-order chi connectivity index (χ0) is 22.3. The van der Waals surface area contributed by atoms with Gasteiger partial charge in [-0.1, -0.05) is 105 Å². The first-order valence-electron chi connectivity index (χ1n) is 11.7. The molecule has 0 saturated carbocycles. The Morgan fingerprint density at radius 1 is 0.759 bits per heavy atom. The van der Waals surface area contributed by atoms with Gasteiger partial charge in [-0.15, -0.1) is 0 Å². The number of hydrogen-bond acceptors (Lipinski definition) is 0. The molecule has 29 heavy (non-hydrogen) atoms. The minimum Gasteiger partial charge on any atom is -0.0657 e. The molecule has 0 fully saturated rings. The van der Waals surface area contributed by atoms with Crippen molar-refractivity contribution in [3.05, 3.63) is 45.7 Å². The van der Waals surface area contributed by atoms with Gasteiger partial charge in [-0.25, -0.2) is 0 Å². The molecule has 1 aromatic rings. The lowest BCUT2D eigenvalue weighted by atomic mass is 10.1. The van der Waals surface area contributed by atoms with Gasteiger partial charge in [0.15, 0.2) is 0 Å². The van der Waals surface area contributed by atoms with E-state index in [0.717, 1.165) is 11.8 Å². The first kappa shape index (κ1) is 24.4. The smallest absolute Gasteiger partial charge is 0.0657 e. The van der Waals surface area contributed by atoms with Crippen LogP contribution >= 0.6 is 0 Å². The number of hydrogen-bond donors (Lipinski definition) is 0. The summed E-state index contributed by atoms with van der Waals surface area (Å²) in [6.07, 6.45) is 0. The van der Waals surface area contributed by atoms with Crippen LogP contribution in [0.2, 0.25) is 31.7 Å². The zero-order valence-corrected chi connectivity index (χ0v) is 23.4. The molecule has 0 spiro atoms. The van der Waals surface area contributed by atoms with E-state index in [-0.39, 0.29) is 0 Å². The molecule has 162 valence electrons. The lowest BCUT2D eigenvalue weighted by Gasteiger charge is -2.41. The van der Waals surface area contributed by atoms with Gasteiger partial charge in [-0.05, 0) is 63.1 Å². The highest BCUT2D eigenvalue weighted by Crippen LogP contribution is 2.45. The molecule has 0 amide bonds. The molecule has 0 aromatic heterocycles. The predicted octanol–water partition coefficient (Wildman–Crippen LogP) is 7.35. The molecule has 0 N–H and O–H groups in total. The number of benzene rings is 1. The molecule has 0 bridgehead atoms. The topological polar surface area (TPSA) is 0 Å². The van der Waals surface area contributed by atoms with Gasteiger partial charge in [-0.3, -0.25) is 0 Å². The Kier molecular flexibility index (Phi) is 7.33. The van der Waals surface area contributed by atoms with Crippen molar-refractivity contribution in [2.75, 3.05) is 0 Å². The van der Waals surface area contributed by atoms with E-state index < -0.39 is 16.1 Å². The molecule has 0 aliphatic heterocycles. The maximum absolute atomic E-state index is 2.67. The molecular formula is C27H46Si2. The average Bonchev–Trinajstić information content (AvgIpc) is 2.75. The van der Waals surface area contributed by atoms with Crippen LogP contribution in [0.25, 0.3) is 0 Å². The van der Waals surface area contributed by atoms with E-state index >= 15 is 0 Å². The highest BCUT2D eigenvalue weighted by Gasteiger charge is 2.45. The normalized spacial score (nSPS) is 18.6. The Morgan fingerprint density at radius 3 is 1.62 bits per heavy atom. The van der Waals surface area contributed by atoms with Crippen molar-refractivity contribution in [1.29, 1.82) is 0 Å². The van der Waals surface area contributed by atoms with Gasteiger partial charge in [-0.2, -0.15) is 0 Å². The van der Waals surface area contributed by atoms with Crippen molar-refractivity contribution < 1.29 is 0 Å². The first-order chi connectivity index (χ1) is 13.2. The highest BCUT2D eigenvalue weighted by molar-refractivity contribution is 6.98. The molecule has 0 heterocycles. The summed E-state index contributed by atoms with van der Waals surface area (Å²) in [5, 5.41) is 5.21. The molecule has 1 aliphatic rings. The van der Waals surface area contributed by atoms with Crippen LogP contribution in [0.4, 0.5) is 0 Å². The highest BCUT2D eigenvalue weighted by atomic mass is 28.3. The van der Waals surface area contributed by atoms with E-state index in [9.17, 15) is 0 Å². The fraction of sp³-hybridized carbons (Fsp3) is 0.630.